The normalized spacial score (nSPS) is 21.9. The Morgan fingerprint density at radius 2 is 2.04 bits per heavy atom. The molecule has 0 spiro atoms. The number of fused-ring (bicyclic) bond motifs is 1. The predicted molar refractivity (Wildman–Crippen MR) is 92.6 cm³/mol. The highest BCUT2D eigenvalue weighted by molar-refractivity contribution is 6.00. The summed E-state index contributed by atoms with van der Waals surface area (Å²) in [6.07, 6.45) is 4.18. The third kappa shape index (κ3) is 2.24. The zero-order valence-corrected chi connectivity index (χ0v) is 13.8. The molecule has 2 N–H and O–H groups in total. The lowest BCUT2D eigenvalue weighted by Crippen LogP contribution is -2.33. The summed E-state index contributed by atoms with van der Waals surface area (Å²) in [5, 5.41) is 17.2. The quantitative estimate of drug-likeness (QED) is 0.739. The third-order valence-corrected chi connectivity index (χ3v) is 5.02. The minimum absolute atomic E-state index is 0.0127. The van der Waals surface area contributed by atoms with Crippen LogP contribution < -0.4 is 5.32 Å². The SMILES string of the molecule is O=C1CC(c2ccco2)CC2=C1C(c1ccc(O)cc1)n1ncnc1N2. The van der Waals surface area contributed by atoms with Gasteiger partial charge in [0.25, 0.3) is 0 Å². The molecule has 3 aromatic rings. The summed E-state index contributed by atoms with van der Waals surface area (Å²) >= 11 is 0. The lowest BCUT2D eigenvalue weighted by Gasteiger charge is -2.34. The standard InChI is InChI=1S/C19H16N4O3/c24-13-5-3-11(4-6-13)18-17-14(22-19-20-10-21-23(18)19)8-12(9-15(17)25)16-2-1-7-26-16/h1-7,10,12,18,24H,8-9H2,(H,20,21,22). The minimum Gasteiger partial charge on any atom is -0.508 e. The van der Waals surface area contributed by atoms with Gasteiger partial charge in [0.1, 0.15) is 23.9 Å². The highest BCUT2D eigenvalue weighted by atomic mass is 16.3. The number of hydrogen-bond donors (Lipinski definition) is 2. The number of aromatic nitrogens is 3. The molecule has 0 fully saturated rings. The number of anilines is 1. The van der Waals surface area contributed by atoms with E-state index >= 15 is 0 Å². The van der Waals surface area contributed by atoms with Crippen LogP contribution in [0.15, 0.2) is 64.7 Å². The van der Waals surface area contributed by atoms with Gasteiger partial charge in [-0.2, -0.15) is 10.1 Å². The van der Waals surface area contributed by atoms with E-state index < -0.39 is 0 Å². The maximum absolute atomic E-state index is 13.1. The van der Waals surface area contributed by atoms with Crippen LogP contribution in [0.25, 0.3) is 0 Å². The number of nitrogens with one attached hydrogen (secondary N) is 1. The van der Waals surface area contributed by atoms with E-state index in [1.54, 1.807) is 23.1 Å². The number of hydrogen-bond acceptors (Lipinski definition) is 6. The van der Waals surface area contributed by atoms with Crippen LogP contribution in [0.2, 0.25) is 0 Å². The molecule has 1 aliphatic carbocycles. The van der Waals surface area contributed by atoms with Crippen LogP contribution in [0.3, 0.4) is 0 Å². The fourth-order valence-corrected chi connectivity index (χ4v) is 3.84. The summed E-state index contributed by atoms with van der Waals surface area (Å²) in [7, 11) is 0. The van der Waals surface area contributed by atoms with E-state index in [4.69, 9.17) is 4.42 Å². The fraction of sp³-hybridized carbons (Fsp3) is 0.211. The Morgan fingerprint density at radius 3 is 2.81 bits per heavy atom. The third-order valence-electron chi connectivity index (χ3n) is 5.02. The molecular formula is C19H16N4O3. The van der Waals surface area contributed by atoms with Crippen LogP contribution in [0.1, 0.15) is 36.1 Å². The lowest BCUT2D eigenvalue weighted by molar-refractivity contribution is -0.117. The van der Waals surface area contributed by atoms with Gasteiger partial charge in [-0.25, -0.2) is 4.68 Å². The Hall–Kier alpha value is -3.35. The number of furan rings is 1. The van der Waals surface area contributed by atoms with Crippen molar-refractivity contribution in [2.24, 2.45) is 0 Å². The number of Topliss-reactive ketones (excluding diaryl/α,β-unsaturated/α-hetero) is 1. The number of allylic oxidation sites excluding steroid dienone is 2. The first-order valence-electron chi connectivity index (χ1n) is 8.46. The van der Waals surface area contributed by atoms with E-state index in [0.29, 0.717) is 24.4 Å². The highest BCUT2D eigenvalue weighted by Crippen LogP contribution is 2.43. The predicted octanol–water partition coefficient (Wildman–Crippen LogP) is 2.99. The Labute approximate surface area is 149 Å². The maximum atomic E-state index is 13.1. The number of nitrogens with zero attached hydrogens (tertiary/aromatic N) is 3. The van der Waals surface area contributed by atoms with Crippen LogP contribution in [0.5, 0.6) is 5.75 Å². The van der Waals surface area contributed by atoms with Gasteiger partial charge in [0.15, 0.2) is 5.78 Å². The largest absolute Gasteiger partial charge is 0.508 e. The number of carbonyl (C=O) groups is 1. The van der Waals surface area contributed by atoms with Crippen molar-refractivity contribution in [3.05, 3.63) is 71.6 Å². The molecule has 0 saturated carbocycles. The monoisotopic (exact) mass is 348 g/mol. The number of carbonyl (C=O) groups excluding carboxylic acids is 1. The van der Waals surface area contributed by atoms with Gasteiger partial charge in [0, 0.05) is 23.6 Å². The highest BCUT2D eigenvalue weighted by Gasteiger charge is 2.39. The van der Waals surface area contributed by atoms with Crippen molar-refractivity contribution >= 4 is 11.7 Å². The van der Waals surface area contributed by atoms with Crippen molar-refractivity contribution in [1.29, 1.82) is 0 Å². The Bertz CT molecular complexity index is 1000. The molecular weight excluding hydrogens is 332 g/mol. The Morgan fingerprint density at radius 1 is 1.19 bits per heavy atom. The van der Waals surface area contributed by atoms with Gasteiger partial charge in [-0.15, -0.1) is 0 Å². The zero-order valence-electron chi connectivity index (χ0n) is 13.8. The second-order valence-corrected chi connectivity index (χ2v) is 6.58. The van der Waals surface area contributed by atoms with Crippen LogP contribution >= 0.6 is 0 Å². The smallest absolute Gasteiger partial charge is 0.226 e. The molecule has 5 rings (SSSR count). The molecule has 0 radical (unpaired) electrons. The van der Waals surface area contributed by atoms with E-state index in [1.165, 1.54) is 6.33 Å². The van der Waals surface area contributed by atoms with Crippen molar-refractivity contribution in [2.75, 3.05) is 5.32 Å². The van der Waals surface area contributed by atoms with E-state index in [9.17, 15) is 9.90 Å². The lowest BCUT2D eigenvalue weighted by atomic mass is 9.79. The first kappa shape index (κ1) is 14.9. The van der Waals surface area contributed by atoms with Crippen LogP contribution in [-0.4, -0.2) is 25.7 Å². The molecule has 130 valence electrons. The Balaban J connectivity index is 1.62. The molecule has 26 heavy (non-hydrogen) atoms. The minimum atomic E-state index is -0.352. The average Bonchev–Trinajstić information content (AvgIpc) is 3.32. The van der Waals surface area contributed by atoms with E-state index in [1.807, 2.05) is 24.3 Å². The molecule has 2 unspecified atom stereocenters. The first-order valence-corrected chi connectivity index (χ1v) is 8.46. The van der Waals surface area contributed by atoms with Gasteiger partial charge in [-0.3, -0.25) is 4.79 Å². The maximum Gasteiger partial charge on any atom is 0.226 e. The van der Waals surface area contributed by atoms with Gasteiger partial charge in [-0.1, -0.05) is 12.1 Å². The number of aromatic hydroxyl groups is 1. The van der Waals surface area contributed by atoms with Crippen molar-refractivity contribution in [2.45, 2.75) is 24.8 Å². The summed E-state index contributed by atoms with van der Waals surface area (Å²) in [5.41, 5.74) is 2.45. The number of rotatable bonds is 2. The van der Waals surface area contributed by atoms with Crippen molar-refractivity contribution in [3.8, 4) is 5.75 Å². The first-order chi connectivity index (χ1) is 12.7. The summed E-state index contributed by atoms with van der Waals surface area (Å²) < 4.78 is 7.24. The summed E-state index contributed by atoms with van der Waals surface area (Å²) in [6.45, 7) is 0. The molecule has 0 bridgehead atoms. The van der Waals surface area contributed by atoms with Crippen LogP contribution in [-0.2, 0) is 4.79 Å². The molecule has 2 aliphatic rings. The number of benzene rings is 1. The molecule has 0 saturated heterocycles. The van der Waals surface area contributed by atoms with Crippen molar-refractivity contribution in [1.82, 2.24) is 14.8 Å². The molecule has 7 heteroatoms. The average molecular weight is 348 g/mol. The van der Waals surface area contributed by atoms with Crippen molar-refractivity contribution in [3.63, 3.8) is 0 Å². The molecule has 1 aromatic carbocycles. The second kappa shape index (κ2) is 5.59. The molecule has 0 amide bonds. The molecule has 2 atom stereocenters. The molecule has 2 aromatic heterocycles. The molecule has 3 heterocycles. The molecule has 7 nitrogen and oxygen atoms in total. The summed E-state index contributed by atoms with van der Waals surface area (Å²) in [5.74, 6) is 1.69. The van der Waals surface area contributed by atoms with E-state index in [0.717, 1.165) is 17.0 Å². The van der Waals surface area contributed by atoms with Crippen LogP contribution in [0, 0.1) is 0 Å². The summed E-state index contributed by atoms with van der Waals surface area (Å²) in [6, 6.07) is 10.3. The fourth-order valence-electron chi connectivity index (χ4n) is 3.84. The van der Waals surface area contributed by atoms with E-state index in [-0.39, 0.29) is 23.5 Å². The second-order valence-electron chi connectivity index (χ2n) is 6.58. The number of phenolic OH excluding ortho intramolecular Hbond substituents is 1. The molecule has 1 aliphatic heterocycles. The van der Waals surface area contributed by atoms with Crippen LogP contribution in [0.4, 0.5) is 5.95 Å². The van der Waals surface area contributed by atoms with Crippen molar-refractivity contribution < 1.29 is 14.3 Å². The van der Waals surface area contributed by atoms with Gasteiger partial charge >= 0.3 is 0 Å². The van der Waals surface area contributed by atoms with Gasteiger partial charge in [0.2, 0.25) is 5.95 Å². The van der Waals surface area contributed by atoms with Gasteiger partial charge in [0.05, 0.1) is 6.26 Å². The van der Waals surface area contributed by atoms with E-state index in [2.05, 4.69) is 15.4 Å². The summed E-state index contributed by atoms with van der Waals surface area (Å²) in [4.78, 5) is 17.3. The number of ketones is 1. The topological polar surface area (TPSA) is 93.2 Å². The number of phenols is 1. The zero-order chi connectivity index (χ0) is 17.7. The van der Waals surface area contributed by atoms with Gasteiger partial charge in [-0.05, 0) is 36.2 Å². The van der Waals surface area contributed by atoms with Gasteiger partial charge < -0.3 is 14.8 Å². The Kier molecular flexibility index (Phi) is 3.21.